The summed E-state index contributed by atoms with van der Waals surface area (Å²) in [6.07, 6.45) is 2.94. The third-order valence-corrected chi connectivity index (χ3v) is 4.75. The molecule has 3 N–H and O–H groups in total. The van der Waals surface area contributed by atoms with Crippen LogP contribution in [0, 0.1) is 0 Å². The summed E-state index contributed by atoms with van der Waals surface area (Å²) in [5.41, 5.74) is 1.22. The van der Waals surface area contributed by atoms with Crippen LogP contribution in [-0.4, -0.2) is 40.1 Å². The smallest absolute Gasteiger partial charge is 0.329 e. The van der Waals surface area contributed by atoms with Crippen LogP contribution >= 0.6 is 24.8 Å². The fourth-order valence-corrected chi connectivity index (χ4v) is 3.18. The molecule has 0 radical (unpaired) electrons. The molecule has 10 heteroatoms. The van der Waals surface area contributed by atoms with Crippen molar-refractivity contribution in [2.45, 2.75) is 39.7 Å². The number of hydrogen-bond donors (Lipinski definition) is 3. The van der Waals surface area contributed by atoms with Crippen molar-refractivity contribution in [3.05, 3.63) is 49.8 Å². The van der Waals surface area contributed by atoms with E-state index in [2.05, 4.69) is 26.7 Å². The Morgan fingerprint density at radius 3 is 2.62 bits per heavy atom. The quantitative estimate of drug-likeness (QED) is 0.609. The molecule has 1 amide bonds. The lowest BCUT2D eigenvalue weighted by atomic mass is 10.0. The highest BCUT2D eigenvalue weighted by atomic mass is 35.5. The molecule has 0 aliphatic carbocycles. The Kier molecular flexibility index (Phi) is 9.07. The van der Waals surface area contributed by atoms with Crippen molar-refractivity contribution in [2.24, 2.45) is 0 Å². The molecule has 0 aromatic carbocycles. The number of halogens is 2. The van der Waals surface area contributed by atoms with Crippen molar-refractivity contribution >= 4 is 41.8 Å². The van der Waals surface area contributed by atoms with Gasteiger partial charge in [0.05, 0.1) is 10.9 Å². The van der Waals surface area contributed by atoms with Crippen LogP contribution in [-0.2, 0) is 6.54 Å². The first-order chi connectivity index (χ1) is 12.9. The molecule has 8 nitrogen and oxygen atoms in total. The number of hydrogen-bond acceptors (Lipinski definition) is 5. The molecular formula is C19H27Cl2N5O3. The SMILES string of the molecule is CCn1c(=O)[nH]c(=O)c2c(C(=O)NCC3=CCNCC3)cc(C(C)C)nc21.Cl.Cl. The minimum absolute atomic E-state index is 0. The molecule has 1 aliphatic rings. The second-order valence-corrected chi connectivity index (χ2v) is 6.95. The zero-order valence-corrected chi connectivity index (χ0v) is 18.3. The van der Waals surface area contributed by atoms with Crippen molar-refractivity contribution in [3.63, 3.8) is 0 Å². The summed E-state index contributed by atoms with van der Waals surface area (Å²) in [5.74, 6) is -0.289. The third kappa shape index (κ3) is 5.26. The largest absolute Gasteiger partial charge is 0.348 e. The Morgan fingerprint density at radius 1 is 1.31 bits per heavy atom. The summed E-state index contributed by atoms with van der Waals surface area (Å²) < 4.78 is 1.38. The van der Waals surface area contributed by atoms with Crippen molar-refractivity contribution in [2.75, 3.05) is 19.6 Å². The van der Waals surface area contributed by atoms with E-state index in [0.717, 1.165) is 25.1 Å². The second kappa shape index (κ2) is 10.6. The maximum absolute atomic E-state index is 12.9. The lowest BCUT2D eigenvalue weighted by Crippen LogP contribution is -2.34. The maximum atomic E-state index is 12.9. The number of fused-ring (bicyclic) bond motifs is 1. The third-order valence-electron chi connectivity index (χ3n) is 4.75. The number of nitrogens with one attached hydrogen (secondary N) is 3. The number of nitrogens with zero attached hydrogens (tertiary/aromatic N) is 2. The minimum atomic E-state index is -0.589. The van der Waals surface area contributed by atoms with Crippen molar-refractivity contribution in [1.82, 2.24) is 25.2 Å². The van der Waals surface area contributed by atoms with Crippen LogP contribution in [0.1, 0.15) is 49.2 Å². The molecule has 3 heterocycles. The predicted octanol–water partition coefficient (Wildman–Crippen LogP) is 1.72. The number of aromatic nitrogens is 3. The Hall–Kier alpha value is -2.16. The average Bonchev–Trinajstić information content (AvgIpc) is 2.66. The van der Waals surface area contributed by atoms with Gasteiger partial charge in [-0.3, -0.25) is 19.1 Å². The lowest BCUT2D eigenvalue weighted by molar-refractivity contribution is 0.0958. The fourth-order valence-electron chi connectivity index (χ4n) is 3.18. The van der Waals surface area contributed by atoms with Crippen LogP contribution in [0.3, 0.4) is 0 Å². The monoisotopic (exact) mass is 443 g/mol. The van der Waals surface area contributed by atoms with Gasteiger partial charge < -0.3 is 10.6 Å². The van der Waals surface area contributed by atoms with Crippen LogP contribution in [0.25, 0.3) is 11.0 Å². The predicted molar refractivity (Wildman–Crippen MR) is 119 cm³/mol. The number of aromatic amines is 1. The molecular weight excluding hydrogens is 417 g/mol. The van der Waals surface area contributed by atoms with E-state index in [-0.39, 0.29) is 53.2 Å². The van der Waals surface area contributed by atoms with Gasteiger partial charge in [-0.2, -0.15) is 0 Å². The van der Waals surface area contributed by atoms with Gasteiger partial charge in [0.1, 0.15) is 0 Å². The van der Waals surface area contributed by atoms with Crippen LogP contribution in [0.2, 0.25) is 0 Å². The van der Waals surface area contributed by atoms with E-state index >= 15 is 0 Å². The van der Waals surface area contributed by atoms with E-state index in [1.165, 1.54) is 4.57 Å². The molecule has 3 rings (SSSR count). The van der Waals surface area contributed by atoms with Gasteiger partial charge in [0.2, 0.25) is 0 Å². The summed E-state index contributed by atoms with van der Waals surface area (Å²) in [6.45, 7) is 8.18. The standard InChI is InChI=1S/C19H25N5O3.2ClH/c1-4-24-16-15(18(26)23-19(24)27)13(9-14(22-16)11(2)3)17(25)21-10-12-5-7-20-8-6-12;;/h5,9,11,20H,4,6-8,10H2,1-3H3,(H,21,25)(H,23,26,27);2*1H. The van der Waals surface area contributed by atoms with Gasteiger partial charge in [0.25, 0.3) is 11.5 Å². The van der Waals surface area contributed by atoms with Gasteiger partial charge >= 0.3 is 5.69 Å². The number of pyridine rings is 1. The second-order valence-electron chi connectivity index (χ2n) is 6.95. The Bertz CT molecular complexity index is 1030. The summed E-state index contributed by atoms with van der Waals surface area (Å²) in [6, 6.07) is 1.65. The Balaban J connectivity index is 0.00000210. The topological polar surface area (TPSA) is 109 Å². The summed E-state index contributed by atoms with van der Waals surface area (Å²) in [4.78, 5) is 44.3. The molecule has 0 fully saturated rings. The zero-order chi connectivity index (χ0) is 19.6. The first-order valence-corrected chi connectivity index (χ1v) is 9.27. The molecule has 2 aromatic heterocycles. The molecule has 0 bridgehead atoms. The van der Waals surface area contributed by atoms with Gasteiger partial charge in [-0.1, -0.05) is 25.5 Å². The molecule has 0 atom stereocenters. The summed E-state index contributed by atoms with van der Waals surface area (Å²) >= 11 is 0. The van der Waals surface area contributed by atoms with Gasteiger partial charge in [0.15, 0.2) is 5.65 Å². The first kappa shape index (κ1) is 24.9. The molecule has 2 aromatic rings. The van der Waals surface area contributed by atoms with Gasteiger partial charge in [-0.25, -0.2) is 9.78 Å². The lowest BCUT2D eigenvalue weighted by Gasteiger charge is -2.16. The fraction of sp³-hybridized carbons (Fsp3) is 0.474. The number of amides is 1. The summed E-state index contributed by atoms with van der Waals surface area (Å²) in [5, 5.41) is 6.28. The van der Waals surface area contributed by atoms with E-state index in [0.29, 0.717) is 18.8 Å². The van der Waals surface area contributed by atoms with Crippen molar-refractivity contribution in [3.8, 4) is 0 Å². The molecule has 160 valence electrons. The first-order valence-electron chi connectivity index (χ1n) is 9.27. The van der Waals surface area contributed by atoms with Crippen LogP contribution in [0.4, 0.5) is 0 Å². The zero-order valence-electron chi connectivity index (χ0n) is 16.7. The Labute approximate surface area is 181 Å². The molecule has 0 saturated carbocycles. The molecule has 0 saturated heterocycles. The van der Waals surface area contributed by atoms with Crippen LogP contribution < -0.4 is 21.9 Å². The highest BCUT2D eigenvalue weighted by Gasteiger charge is 2.20. The van der Waals surface area contributed by atoms with E-state index in [1.807, 2.05) is 13.8 Å². The molecule has 0 spiro atoms. The average molecular weight is 444 g/mol. The number of rotatable bonds is 5. The number of carbonyl (C=O) groups is 1. The number of aryl methyl sites for hydroxylation is 1. The van der Waals surface area contributed by atoms with E-state index in [4.69, 9.17) is 0 Å². The van der Waals surface area contributed by atoms with E-state index < -0.39 is 11.2 Å². The van der Waals surface area contributed by atoms with Gasteiger partial charge in [-0.05, 0) is 31.9 Å². The van der Waals surface area contributed by atoms with Crippen LogP contribution in [0.15, 0.2) is 27.3 Å². The highest BCUT2D eigenvalue weighted by molar-refractivity contribution is 6.05. The van der Waals surface area contributed by atoms with Crippen LogP contribution in [0.5, 0.6) is 0 Å². The normalized spacial score (nSPS) is 13.4. The Morgan fingerprint density at radius 2 is 2.03 bits per heavy atom. The van der Waals surface area contributed by atoms with Gasteiger partial charge in [0, 0.05) is 25.3 Å². The van der Waals surface area contributed by atoms with Gasteiger partial charge in [-0.15, -0.1) is 24.8 Å². The summed E-state index contributed by atoms with van der Waals surface area (Å²) in [7, 11) is 0. The molecule has 0 unspecified atom stereocenters. The highest BCUT2D eigenvalue weighted by Crippen LogP contribution is 2.19. The van der Waals surface area contributed by atoms with E-state index in [1.54, 1.807) is 13.0 Å². The molecule has 29 heavy (non-hydrogen) atoms. The van der Waals surface area contributed by atoms with Crippen molar-refractivity contribution in [1.29, 1.82) is 0 Å². The molecule has 1 aliphatic heterocycles. The number of H-pyrrole nitrogens is 1. The minimum Gasteiger partial charge on any atom is -0.348 e. The van der Waals surface area contributed by atoms with E-state index in [9.17, 15) is 14.4 Å². The maximum Gasteiger partial charge on any atom is 0.329 e. The van der Waals surface area contributed by atoms with Crippen molar-refractivity contribution < 1.29 is 4.79 Å². The number of carbonyl (C=O) groups excluding carboxylic acids is 1.